The molecule has 0 aliphatic heterocycles. The highest BCUT2D eigenvalue weighted by Gasteiger charge is 2.21. The number of para-hydroxylation sites is 1. The first-order valence-corrected chi connectivity index (χ1v) is 8.77. The number of methoxy groups -OCH3 is 1. The minimum absolute atomic E-state index is 0.0405. The van der Waals surface area contributed by atoms with Gasteiger partial charge in [-0.1, -0.05) is 24.3 Å². The van der Waals surface area contributed by atoms with Crippen LogP contribution < -0.4 is 4.74 Å². The second-order valence-corrected chi connectivity index (χ2v) is 6.68. The standard InChI is InChI=1S/C17H14N2O6S/c1-25-14-8-3-2-6-11(14)18-19-12-9-15(26(22,23)24)10-5-4-7-13(20)16(10)17(12)21/h2-9,20-21H,1H3,(H,22,23,24). The summed E-state index contributed by atoms with van der Waals surface area (Å²) in [5.74, 6) is -0.405. The van der Waals surface area contributed by atoms with Crippen LogP contribution in [0, 0.1) is 0 Å². The number of hydrogen-bond acceptors (Lipinski definition) is 7. The van der Waals surface area contributed by atoms with E-state index < -0.39 is 20.8 Å². The molecule has 0 unspecified atom stereocenters. The van der Waals surface area contributed by atoms with Gasteiger partial charge in [-0.3, -0.25) is 4.55 Å². The zero-order valence-corrected chi connectivity index (χ0v) is 14.3. The van der Waals surface area contributed by atoms with E-state index in [-0.39, 0.29) is 22.2 Å². The van der Waals surface area contributed by atoms with Crippen LogP contribution in [-0.4, -0.2) is 30.3 Å². The lowest BCUT2D eigenvalue weighted by Gasteiger charge is -2.10. The van der Waals surface area contributed by atoms with E-state index in [4.69, 9.17) is 4.74 Å². The van der Waals surface area contributed by atoms with Crippen LogP contribution in [0.25, 0.3) is 10.8 Å². The van der Waals surface area contributed by atoms with Crippen molar-refractivity contribution in [3.63, 3.8) is 0 Å². The molecule has 0 aromatic heterocycles. The smallest absolute Gasteiger partial charge is 0.295 e. The van der Waals surface area contributed by atoms with Crippen molar-refractivity contribution in [2.45, 2.75) is 4.90 Å². The van der Waals surface area contributed by atoms with Gasteiger partial charge < -0.3 is 14.9 Å². The predicted molar refractivity (Wildman–Crippen MR) is 94.3 cm³/mol. The average Bonchev–Trinajstić information content (AvgIpc) is 2.60. The van der Waals surface area contributed by atoms with Gasteiger partial charge >= 0.3 is 0 Å². The molecule has 8 nitrogen and oxygen atoms in total. The molecule has 0 spiro atoms. The second kappa shape index (κ2) is 6.62. The summed E-state index contributed by atoms with van der Waals surface area (Å²) in [7, 11) is -3.18. The van der Waals surface area contributed by atoms with Gasteiger partial charge in [0.15, 0.2) is 5.75 Å². The van der Waals surface area contributed by atoms with E-state index in [2.05, 4.69) is 10.2 Å². The molecular weight excluding hydrogens is 360 g/mol. The Kier molecular flexibility index (Phi) is 4.49. The predicted octanol–water partition coefficient (Wildman–Crippen LogP) is 3.92. The molecule has 3 aromatic carbocycles. The van der Waals surface area contributed by atoms with Crippen LogP contribution in [0.15, 0.2) is 63.7 Å². The highest BCUT2D eigenvalue weighted by atomic mass is 32.2. The maximum Gasteiger partial charge on any atom is 0.295 e. The molecule has 0 bridgehead atoms. The molecule has 26 heavy (non-hydrogen) atoms. The fraction of sp³-hybridized carbons (Fsp3) is 0.0588. The minimum atomic E-state index is -4.63. The summed E-state index contributed by atoms with van der Waals surface area (Å²) in [6, 6.07) is 11.7. The van der Waals surface area contributed by atoms with Crippen molar-refractivity contribution in [1.82, 2.24) is 0 Å². The minimum Gasteiger partial charge on any atom is -0.507 e. The van der Waals surface area contributed by atoms with E-state index in [0.29, 0.717) is 11.4 Å². The van der Waals surface area contributed by atoms with E-state index in [1.807, 2.05) is 0 Å². The second-order valence-electron chi connectivity index (χ2n) is 5.29. The van der Waals surface area contributed by atoms with E-state index in [9.17, 15) is 23.2 Å². The van der Waals surface area contributed by atoms with Crippen LogP contribution >= 0.6 is 0 Å². The lowest BCUT2D eigenvalue weighted by Crippen LogP contribution is -1.99. The maximum atomic E-state index is 11.7. The van der Waals surface area contributed by atoms with Gasteiger partial charge in [0.05, 0.1) is 12.5 Å². The Balaban J connectivity index is 2.25. The van der Waals surface area contributed by atoms with Gasteiger partial charge in [0.2, 0.25) is 0 Å². The van der Waals surface area contributed by atoms with Crippen LogP contribution in [0.1, 0.15) is 0 Å². The summed E-state index contributed by atoms with van der Waals surface area (Å²) < 4.78 is 38.0. The summed E-state index contributed by atoms with van der Waals surface area (Å²) >= 11 is 0. The van der Waals surface area contributed by atoms with Crippen molar-refractivity contribution in [1.29, 1.82) is 0 Å². The van der Waals surface area contributed by atoms with Crippen molar-refractivity contribution >= 4 is 32.3 Å². The Bertz CT molecular complexity index is 1130. The number of azo groups is 1. The molecule has 134 valence electrons. The molecule has 0 amide bonds. The molecule has 0 atom stereocenters. The highest BCUT2D eigenvalue weighted by Crippen LogP contribution is 2.43. The van der Waals surface area contributed by atoms with E-state index in [1.165, 1.54) is 25.3 Å². The molecule has 3 rings (SSSR count). The fourth-order valence-electron chi connectivity index (χ4n) is 2.50. The lowest BCUT2D eigenvalue weighted by molar-refractivity contribution is 0.416. The van der Waals surface area contributed by atoms with Gasteiger partial charge in [-0.2, -0.15) is 8.42 Å². The van der Waals surface area contributed by atoms with Crippen molar-refractivity contribution in [3.8, 4) is 17.2 Å². The van der Waals surface area contributed by atoms with Crippen LogP contribution in [0.4, 0.5) is 11.4 Å². The Labute approximate surface area is 148 Å². The van der Waals surface area contributed by atoms with E-state index in [1.54, 1.807) is 24.3 Å². The summed E-state index contributed by atoms with van der Waals surface area (Å²) in [6.45, 7) is 0. The molecule has 3 aromatic rings. The SMILES string of the molecule is COc1ccccc1N=Nc1cc(S(=O)(=O)O)c2cccc(O)c2c1O. The molecule has 0 aliphatic carbocycles. The summed E-state index contributed by atoms with van der Waals surface area (Å²) in [5.41, 5.74) is 0.109. The largest absolute Gasteiger partial charge is 0.507 e. The molecule has 9 heteroatoms. The first-order chi connectivity index (χ1) is 12.3. The lowest BCUT2D eigenvalue weighted by atomic mass is 10.1. The Morgan fingerprint density at radius 1 is 0.962 bits per heavy atom. The van der Waals surface area contributed by atoms with Crippen molar-refractivity contribution in [2.75, 3.05) is 7.11 Å². The van der Waals surface area contributed by atoms with Gasteiger partial charge in [-0.05, 0) is 24.3 Å². The van der Waals surface area contributed by atoms with Crippen LogP contribution in [0.5, 0.6) is 17.2 Å². The zero-order chi connectivity index (χ0) is 18.9. The van der Waals surface area contributed by atoms with Crippen LogP contribution in [-0.2, 0) is 10.1 Å². The number of phenols is 2. The number of nitrogens with zero attached hydrogens (tertiary/aromatic N) is 2. The number of aromatic hydroxyl groups is 2. The number of fused-ring (bicyclic) bond motifs is 1. The topological polar surface area (TPSA) is 129 Å². The van der Waals surface area contributed by atoms with Crippen molar-refractivity contribution < 1.29 is 27.9 Å². The molecule has 0 saturated carbocycles. The number of hydrogen-bond donors (Lipinski definition) is 3. The normalized spacial score (nSPS) is 11.9. The number of rotatable bonds is 4. The van der Waals surface area contributed by atoms with E-state index >= 15 is 0 Å². The first kappa shape index (κ1) is 17.6. The Hall–Kier alpha value is -3.17. The number of phenolic OH excluding ortho intramolecular Hbond substituents is 2. The van der Waals surface area contributed by atoms with Gasteiger partial charge in [0.25, 0.3) is 10.1 Å². The Morgan fingerprint density at radius 3 is 2.35 bits per heavy atom. The Morgan fingerprint density at radius 2 is 1.65 bits per heavy atom. The maximum absolute atomic E-state index is 11.7. The summed E-state index contributed by atoms with van der Waals surface area (Å²) in [4.78, 5) is -0.504. The van der Waals surface area contributed by atoms with Crippen molar-refractivity contribution in [2.24, 2.45) is 10.2 Å². The zero-order valence-electron chi connectivity index (χ0n) is 13.5. The van der Waals surface area contributed by atoms with Gasteiger partial charge in [0, 0.05) is 5.39 Å². The summed E-state index contributed by atoms with van der Waals surface area (Å²) in [5, 5.41) is 28.0. The third kappa shape index (κ3) is 3.17. The molecular formula is C17H14N2O6S. The molecule has 0 radical (unpaired) electrons. The van der Waals surface area contributed by atoms with Gasteiger partial charge in [-0.15, -0.1) is 10.2 Å². The first-order valence-electron chi connectivity index (χ1n) is 7.33. The average molecular weight is 374 g/mol. The third-order valence-electron chi connectivity index (χ3n) is 3.68. The van der Waals surface area contributed by atoms with Crippen LogP contribution in [0.3, 0.4) is 0 Å². The quantitative estimate of drug-likeness (QED) is 0.469. The fourth-order valence-corrected chi connectivity index (χ4v) is 3.21. The third-order valence-corrected chi connectivity index (χ3v) is 4.58. The van der Waals surface area contributed by atoms with Gasteiger partial charge in [0.1, 0.15) is 27.8 Å². The highest BCUT2D eigenvalue weighted by molar-refractivity contribution is 7.86. The van der Waals surface area contributed by atoms with Gasteiger partial charge in [-0.25, -0.2) is 0 Å². The summed E-state index contributed by atoms with van der Waals surface area (Å²) in [6.07, 6.45) is 0. The van der Waals surface area contributed by atoms with Crippen molar-refractivity contribution in [3.05, 3.63) is 48.5 Å². The molecule has 0 aliphatic rings. The van der Waals surface area contributed by atoms with E-state index in [0.717, 1.165) is 6.07 Å². The monoisotopic (exact) mass is 374 g/mol. The number of benzene rings is 3. The number of ether oxygens (including phenoxy) is 1. The molecule has 0 fully saturated rings. The van der Waals surface area contributed by atoms with Crippen LogP contribution in [0.2, 0.25) is 0 Å². The molecule has 3 N–H and O–H groups in total. The molecule has 0 heterocycles. The molecule has 0 saturated heterocycles.